The average Bonchev–Trinajstić information content (AvgIpc) is 2.31. The van der Waals surface area contributed by atoms with Crippen LogP contribution in [0.15, 0.2) is 18.3 Å². The predicted octanol–water partition coefficient (Wildman–Crippen LogP) is -0.816. The van der Waals surface area contributed by atoms with Crippen LogP contribution in [0, 0.1) is 0 Å². The number of hydrogen-bond donors (Lipinski definition) is 3. The number of aldehydes is 1. The molecule has 84 valence electrons. The Labute approximate surface area is 89.7 Å². The first kappa shape index (κ1) is 13.7. The molecule has 0 aromatic carbocycles. The number of nitrogens with two attached hydrogens (primary N) is 3. The second kappa shape index (κ2) is 8.05. The van der Waals surface area contributed by atoms with E-state index in [4.69, 9.17) is 11.5 Å². The van der Waals surface area contributed by atoms with E-state index in [1.54, 1.807) is 6.20 Å². The van der Waals surface area contributed by atoms with Gasteiger partial charge in [-0.25, -0.2) is 0 Å². The molecule has 0 saturated carbocycles. The van der Waals surface area contributed by atoms with Gasteiger partial charge in [-0.2, -0.15) is 0 Å². The average molecular weight is 210 g/mol. The van der Waals surface area contributed by atoms with E-state index in [2.05, 4.69) is 10.7 Å². The summed E-state index contributed by atoms with van der Waals surface area (Å²) >= 11 is 0. The summed E-state index contributed by atoms with van der Waals surface area (Å²) in [5.41, 5.74) is 17.2. The van der Waals surface area contributed by atoms with Crippen molar-refractivity contribution in [3.05, 3.63) is 29.6 Å². The molecule has 0 aliphatic carbocycles. The molecule has 6 N–H and O–H groups in total. The predicted molar refractivity (Wildman–Crippen MR) is 60.0 cm³/mol. The first-order valence-corrected chi connectivity index (χ1v) is 4.68. The molecule has 1 rings (SSSR count). The highest BCUT2D eigenvalue weighted by Gasteiger charge is 2.03. The number of rotatable bonds is 4. The lowest BCUT2D eigenvalue weighted by Crippen LogP contribution is -2.24. The summed E-state index contributed by atoms with van der Waals surface area (Å²) in [6, 6.07) is 3.24. The van der Waals surface area contributed by atoms with Crippen molar-refractivity contribution in [1.82, 2.24) is 4.98 Å². The largest absolute Gasteiger partial charge is 0.333 e. The molecular weight excluding hydrogens is 192 g/mol. The molecule has 0 bridgehead atoms. The normalized spacial score (nSPS) is 11.2. The SMILES string of the molecule is CN.NCc1ccnc(CC(N)C=O)c1. The molecule has 15 heavy (non-hydrogen) atoms. The maximum absolute atomic E-state index is 10.3. The van der Waals surface area contributed by atoms with Crippen LogP contribution in [-0.2, 0) is 17.8 Å². The van der Waals surface area contributed by atoms with Gasteiger partial charge >= 0.3 is 0 Å². The third kappa shape index (κ3) is 5.21. The third-order valence-corrected chi connectivity index (χ3v) is 1.74. The van der Waals surface area contributed by atoms with Crippen LogP contribution in [-0.4, -0.2) is 24.4 Å². The fourth-order valence-corrected chi connectivity index (χ4v) is 1.06. The van der Waals surface area contributed by atoms with Crippen LogP contribution in [0.1, 0.15) is 11.3 Å². The molecule has 1 heterocycles. The molecule has 0 amide bonds. The van der Waals surface area contributed by atoms with Crippen molar-refractivity contribution >= 4 is 6.29 Å². The van der Waals surface area contributed by atoms with Crippen LogP contribution in [0.3, 0.4) is 0 Å². The molecule has 0 aliphatic heterocycles. The molecule has 5 nitrogen and oxygen atoms in total. The number of nitrogens with zero attached hydrogens (tertiary/aromatic N) is 1. The van der Waals surface area contributed by atoms with Crippen molar-refractivity contribution in [2.45, 2.75) is 19.0 Å². The van der Waals surface area contributed by atoms with Gasteiger partial charge < -0.3 is 22.0 Å². The Kier molecular flexibility index (Phi) is 7.35. The van der Waals surface area contributed by atoms with Crippen molar-refractivity contribution < 1.29 is 4.79 Å². The van der Waals surface area contributed by atoms with E-state index in [0.717, 1.165) is 17.5 Å². The van der Waals surface area contributed by atoms with Gasteiger partial charge in [-0.15, -0.1) is 0 Å². The Morgan fingerprint density at radius 3 is 2.73 bits per heavy atom. The highest BCUT2D eigenvalue weighted by Crippen LogP contribution is 2.02. The molecule has 1 aromatic heterocycles. The maximum Gasteiger partial charge on any atom is 0.137 e. The number of hydrogen-bond acceptors (Lipinski definition) is 5. The second-order valence-corrected chi connectivity index (χ2v) is 2.86. The maximum atomic E-state index is 10.3. The van der Waals surface area contributed by atoms with Crippen molar-refractivity contribution in [1.29, 1.82) is 0 Å². The first-order chi connectivity index (χ1) is 7.26. The zero-order chi connectivity index (χ0) is 11.7. The summed E-state index contributed by atoms with van der Waals surface area (Å²) in [5, 5.41) is 0. The van der Waals surface area contributed by atoms with Crippen molar-refractivity contribution in [2.75, 3.05) is 7.05 Å². The lowest BCUT2D eigenvalue weighted by Gasteiger charge is -2.04. The smallest absolute Gasteiger partial charge is 0.137 e. The van der Waals surface area contributed by atoms with E-state index >= 15 is 0 Å². The van der Waals surface area contributed by atoms with Gasteiger partial charge in [0.1, 0.15) is 6.29 Å². The Morgan fingerprint density at radius 2 is 2.20 bits per heavy atom. The van der Waals surface area contributed by atoms with Crippen LogP contribution in [0.25, 0.3) is 0 Å². The lowest BCUT2D eigenvalue weighted by atomic mass is 10.1. The summed E-state index contributed by atoms with van der Waals surface area (Å²) in [6.45, 7) is 0.478. The molecule has 0 radical (unpaired) electrons. The topological polar surface area (TPSA) is 108 Å². The molecule has 0 fully saturated rings. The van der Waals surface area contributed by atoms with E-state index in [0.29, 0.717) is 13.0 Å². The number of pyridine rings is 1. The summed E-state index contributed by atoms with van der Waals surface area (Å²) in [4.78, 5) is 14.4. The van der Waals surface area contributed by atoms with Crippen LogP contribution in [0.2, 0.25) is 0 Å². The summed E-state index contributed by atoms with van der Waals surface area (Å²) in [5.74, 6) is 0. The fourth-order valence-electron chi connectivity index (χ4n) is 1.06. The van der Waals surface area contributed by atoms with Gasteiger partial charge in [-0.3, -0.25) is 4.98 Å². The fraction of sp³-hybridized carbons (Fsp3) is 0.400. The summed E-state index contributed by atoms with van der Waals surface area (Å²) < 4.78 is 0. The standard InChI is InChI=1S/C9H13N3O.CH5N/c10-5-7-1-2-12-9(3-7)4-8(11)6-13;1-2/h1-3,6,8H,4-5,10-11H2;2H2,1H3. The molecule has 0 aliphatic rings. The van der Waals surface area contributed by atoms with Crippen molar-refractivity contribution in [2.24, 2.45) is 17.2 Å². The minimum Gasteiger partial charge on any atom is -0.333 e. The van der Waals surface area contributed by atoms with Crippen molar-refractivity contribution in [3.8, 4) is 0 Å². The zero-order valence-electron chi connectivity index (χ0n) is 8.89. The van der Waals surface area contributed by atoms with E-state index in [1.165, 1.54) is 7.05 Å². The zero-order valence-corrected chi connectivity index (χ0v) is 8.89. The molecule has 1 unspecified atom stereocenters. The number of aromatic nitrogens is 1. The Hall–Kier alpha value is -1.30. The minimum atomic E-state index is -0.472. The van der Waals surface area contributed by atoms with Gasteiger partial charge in [0.15, 0.2) is 0 Å². The van der Waals surface area contributed by atoms with Gasteiger partial charge in [0, 0.05) is 24.9 Å². The summed E-state index contributed by atoms with van der Waals surface area (Å²) in [7, 11) is 1.50. The van der Waals surface area contributed by atoms with E-state index in [9.17, 15) is 4.79 Å². The lowest BCUT2D eigenvalue weighted by molar-refractivity contribution is -0.108. The van der Waals surface area contributed by atoms with Crippen LogP contribution >= 0.6 is 0 Å². The van der Waals surface area contributed by atoms with E-state index < -0.39 is 6.04 Å². The number of carbonyl (C=O) groups excluding carboxylic acids is 1. The molecule has 5 heteroatoms. The Balaban J connectivity index is 0.000000921. The molecule has 0 saturated heterocycles. The van der Waals surface area contributed by atoms with Gasteiger partial charge in [-0.05, 0) is 24.7 Å². The molecule has 0 spiro atoms. The van der Waals surface area contributed by atoms with Crippen molar-refractivity contribution in [3.63, 3.8) is 0 Å². The van der Waals surface area contributed by atoms with Gasteiger partial charge in [0.05, 0.1) is 6.04 Å². The van der Waals surface area contributed by atoms with Crippen LogP contribution < -0.4 is 17.2 Å². The number of carbonyl (C=O) groups is 1. The molecular formula is C10H18N4O. The molecule has 1 aromatic rings. The quantitative estimate of drug-likeness (QED) is 0.563. The van der Waals surface area contributed by atoms with Crippen LogP contribution in [0.5, 0.6) is 0 Å². The van der Waals surface area contributed by atoms with Gasteiger partial charge in [0.2, 0.25) is 0 Å². The van der Waals surface area contributed by atoms with Gasteiger partial charge in [-0.1, -0.05) is 0 Å². The highest BCUT2D eigenvalue weighted by atomic mass is 16.1. The van der Waals surface area contributed by atoms with E-state index in [-0.39, 0.29) is 0 Å². The Bertz CT molecular complexity index is 291. The third-order valence-electron chi connectivity index (χ3n) is 1.74. The first-order valence-electron chi connectivity index (χ1n) is 4.68. The minimum absolute atomic E-state index is 0.470. The highest BCUT2D eigenvalue weighted by molar-refractivity contribution is 5.57. The van der Waals surface area contributed by atoms with Gasteiger partial charge in [0.25, 0.3) is 0 Å². The van der Waals surface area contributed by atoms with E-state index in [1.807, 2.05) is 12.1 Å². The van der Waals surface area contributed by atoms with Crippen LogP contribution in [0.4, 0.5) is 0 Å². The summed E-state index contributed by atoms with van der Waals surface area (Å²) in [6.07, 6.45) is 2.86. The molecule has 1 atom stereocenters. The monoisotopic (exact) mass is 210 g/mol. The Morgan fingerprint density at radius 1 is 1.53 bits per heavy atom. The second-order valence-electron chi connectivity index (χ2n) is 2.86.